The van der Waals surface area contributed by atoms with Crippen molar-refractivity contribution in [2.75, 3.05) is 19.8 Å². The maximum atomic E-state index is 14.3. The first-order valence-electron chi connectivity index (χ1n) is 8.62. The molecule has 2 aromatic carbocycles. The van der Waals surface area contributed by atoms with E-state index in [-0.39, 0.29) is 30.2 Å². The van der Waals surface area contributed by atoms with Crippen molar-refractivity contribution in [2.45, 2.75) is 18.8 Å². The van der Waals surface area contributed by atoms with Gasteiger partial charge in [-0.2, -0.15) is 0 Å². The zero-order valence-corrected chi connectivity index (χ0v) is 15.0. The van der Waals surface area contributed by atoms with Gasteiger partial charge in [-0.15, -0.1) is 0 Å². The lowest BCUT2D eigenvalue weighted by Crippen LogP contribution is -2.16. The molecule has 3 atom stereocenters. The molecule has 26 heavy (non-hydrogen) atoms. The predicted octanol–water partition coefficient (Wildman–Crippen LogP) is 4.31. The average Bonchev–Trinajstić information content (AvgIpc) is 3.38. The fourth-order valence-electron chi connectivity index (χ4n) is 3.71. The molecule has 0 saturated heterocycles. The van der Waals surface area contributed by atoms with E-state index in [1.807, 2.05) is 6.07 Å². The molecule has 0 spiro atoms. The van der Waals surface area contributed by atoms with Crippen LogP contribution in [0.15, 0.2) is 36.4 Å². The van der Waals surface area contributed by atoms with Gasteiger partial charge in [0.1, 0.15) is 19.0 Å². The van der Waals surface area contributed by atoms with E-state index in [0.29, 0.717) is 35.3 Å². The minimum atomic E-state index is -0.439. The Morgan fingerprint density at radius 3 is 2.77 bits per heavy atom. The average molecular weight is 377 g/mol. The van der Waals surface area contributed by atoms with Crippen LogP contribution in [-0.4, -0.2) is 25.8 Å². The van der Waals surface area contributed by atoms with E-state index in [1.54, 1.807) is 31.2 Å². The van der Waals surface area contributed by atoms with E-state index in [2.05, 4.69) is 0 Å². The van der Waals surface area contributed by atoms with Crippen LogP contribution < -0.4 is 9.47 Å². The van der Waals surface area contributed by atoms with Gasteiger partial charge in [-0.3, -0.25) is 4.79 Å². The third kappa shape index (κ3) is 2.90. The lowest BCUT2D eigenvalue weighted by molar-refractivity contribution is -0.144. The van der Waals surface area contributed by atoms with Gasteiger partial charge >= 0.3 is 5.97 Å². The Bertz CT molecular complexity index is 854. The van der Waals surface area contributed by atoms with Crippen LogP contribution in [0, 0.1) is 11.7 Å². The van der Waals surface area contributed by atoms with Gasteiger partial charge in [0.15, 0.2) is 11.5 Å². The number of hydrogen-bond acceptors (Lipinski definition) is 4. The zero-order valence-electron chi connectivity index (χ0n) is 14.2. The molecule has 1 aliphatic heterocycles. The molecule has 2 aromatic rings. The molecule has 4 rings (SSSR count). The molecule has 0 aromatic heterocycles. The van der Waals surface area contributed by atoms with E-state index < -0.39 is 5.92 Å². The maximum Gasteiger partial charge on any atom is 0.310 e. The lowest BCUT2D eigenvalue weighted by atomic mass is 10.0. The van der Waals surface area contributed by atoms with Gasteiger partial charge in [0.05, 0.1) is 17.5 Å². The van der Waals surface area contributed by atoms with Crippen LogP contribution in [0.5, 0.6) is 11.5 Å². The minimum Gasteiger partial charge on any atom is -0.486 e. The van der Waals surface area contributed by atoms with Crippen LogP contribution in [-0.2, 0) is 9.53 Å². The zero-order chi connectivity index (χ0) is 18.3. The largest absolute Gasteiger partial charge is 0.486 e. The Labute approximate surface area is 155 Å². The molecular weight excluding hydrogens is 359 g/mol. The van der Waals surface area contributed by atoms with Crippen molar-refractivity contribution in [3.05, 3.63) is 58.4 Å². The van der Waals surface area contributed by atoms with Crippen LogP contribution in [0.3, 0.4) is 0 Å². The highest BCUT2D eigenvalue weighted by Crippen LogP contribution is 2.62. The highest BCUT2D eigenvalue weighted by Gasteiger charge is 2.58. The Morgan fingerprint density at radius 1 is 1.23 bits per heavy atom. The number of carbonyl (C=O) groups excluding carboxylic acids is 1. The molecule has 4 nitrogen and oxygen atoms in total. The van der Waals surface area contributed by atoms with Gasteiger partial charge in [0.2, 0.25) is 0 Å². The normalized spacial score (nSPS) is 23.4. The number of halogens is 2. The van der Waals surface area contributed by atoms with E-state index in [1.165, 1.54) is 6.07 Å². The van der Waals surface area contributed by atoms with Crippen molar-refractivity contribution >= 4 is 17.6 Å². The molecule has 1 heterocycles. The highest BCUT2D eigenvalue weighted by atomic mass is 35.5. The summed E-state index contributed by atoms with van der Waals surface area (Å²) >= 11 is 6.34. The number of benzene rings is 2. The first-order chi connectivity index (χ1) is 12.6. The third-order valence-corrected chi connectivity index (χ3v) is 5.13. The standard InChI is InChI=1S/C20H18ClFO4/c1-2-24-20(23)18-16(17(18)12-5-3-4-6-14(12)22)11-9-13(21)19-15(10-11)25-7-8-26-19/h3-6,9-10,16-18H,2,7-8H2,1H3. The quantitative estimate of drug-likeness (QED) is 0.746. The number of carbonyl (C=O) groups is 1. The molecule has 136 valence electrons. The van der Waals surface area contributed by atoms with Crippen molar-refractivity contribution < 1.29 is 23.4 Å². The third-order valence-electron chi connectivity index (χ3n) is 4.85. The van der Waals surface area contributed by atoms with Gasteiger partial charge < -0.3 is 14.2 Å². The van der Waals surface area contributed by atoms with Crippen molar-refractivity contribution in [3.8, 4) is 11.5 Å². The number of esters is 1. The minimum absolute atomic E-state index is 0.209. The number of fused-ring (bicyclic) bond motifs is 1. The van der Waals surface area contributed by atoms with Crippen molar-refractivity contribution in [2.24, 2.45) is 5.92 Å². The fraction of sp³-hybridized carbons (Fsp3) is 0.350. The summed E-state index contributed by atoms with van der Waals surface area (Å²) in [6.07, 6.45) is 0. The van der Waals surface area contributed by atoms with E-state index >= 15 is 0 Å². The van der Waals surface area contributed by atoms with E-state index in [0.717, 1.165) is 5.56 Å². The van der Waals surface area contributed by atoms with Crippen LogP contribution in [0.2, 0.25) is 5.02 Å². The lowest BCUT2D eigenvalue weighted by Gasteiger charge is -2.20. The molecule has 3 unspecified atom stereocenters. The summed E-state index contributed by atoms with van der Waals surface area (Å²) in [7, 11) is 0. The first-order valence-corrected chi connectivity index (χ1v) is 8.99. The summed E-state index contributed by atoms with van der Waals surface area (Å²) < 4.78 is 30.7. The predicted molar refractivity (Wildman–Crippen MR) is 94.4 cm³/mol. The van der Waals surface area contributed by atoms with Crippen molar-refractivity contribution in [1.82, 2.24) is 0 Å². The molecule has 0 N–H and O–H groups in total. The van der Waals surface area contributed by atoms with Crippen LogP contribution in [0.25, 0.3) is 0 Å². The maximum absolute atomic E-state index is 14.3. The van der Waals surface area contributed by atoms with Crippen LogP contribution in [0.1, 0.15) is 29.9 Å². The second-order valence-corrected chi connectivity index (χ2v) is 6.79. The van der Waals surface area contributed by atoms with Crippen LogP contribution >= 0.6 is 11.6 Å². The Hall–Kier alpha value is -2.27. The molecule has 6 heteroatoms. The number of hydrogen-bond donors (Lipinski definition) is 0. The smallest absolute Gasteiger partial charge is 0.310 e. The fourth-order valence-corrected chi connectivity index (χ4v) is 3.99. The first kappa shape index (κ1) is 17.2. The number of ether oxygens (including phenoxy) is 3. The van der Waals surface area contributed by atoms with Crippen molar-refractivity contribution in [1.29, 1.82) is 0 Å². The highest BCUT2D eigenvalue weighted by molar-refractivity contribution is 6.32. The van der Waals surface area contributed by atoms with Crippen molar-refractivity contribution in [3.63, 3.8) is 0 Å². The Kier molecular flexibility index (Phi) is 4.49. The summed E-state index contributed by atoms with van der Waals surface area (Å²) in [6.45, 7) is 2.93. The molecular formula is C20H18ClFO4. The second kappa shape index (κ2) is 6.80. The Morgan fingerprint density at radius 2 is 2.00 bits per heavy atom. The molecule has 2 aliphatic rings. The van der Waals surface area contributed by atoms with Gasteiger partial charge in [-0.1, -0.05) is 29.8 Å². The summed E-state index contributed by atoms with van der Waals surface area (Å²) in [6, 6.07) is 10.1. The number of rotatable bonds is 4. The van der Waals surface area contributed by atoms with Gasteiger partial charge in [-0.05, 0) is 36.2 Å². The summed E-state index contributed by atoms with van der Waals surface area (Å²) in [5.74, 6) is -0.508. The van der Waals surface area contributed by atoms with Crippen LogP contribution in [0.4, 0.5) is 4.39 Å². The van der Waals surface area contributed by atoms with Gasteiger partial charge in [0.25, 0.3) is 0 Å². The van der Waals surface area contributed by atoms with Gasteiger partial charge in [-0.25, -0.2) is 4.39 Å². The van der Waals surface area contributed by atoms with Gasteiger partial charge in [0, 0.05) is 11.8 Å². The Balaban J connectivity index is 1.73. The molecule has 0 radical (unpaired) electrons. The summed E-state index contributed by atoms with van der Waals surface area (Å²) in [5, 5.41) is 0.430. The molecule has 0 bridgehead atoms. The topological polar surface area (TPSA) is 44.8 Å². The second-order valence-electron chi connectivity index (χ2n) is 6.38. The SMILES string of the molecule is CCOC(=O)C1C(c2cc(Cl)c3c(c2)OCCO3)C1c1ccccc1F. The van der Waals surface area contributed by atoms with E-state index in [9.17, 15) is 9.18 Å². The molecule has 1 aliphatic carbocycles. The summed E-state index contributed by atoms with van der Waals surface area (Å²) in [5.41, 5.74) is 1.34. The monoisotopic (exact) mass is 376 g/mol. The van der Waals surface area contributed by atoms with E-state index in [4.69, 9.17) is 25.8 Å². The summed E-state index contributed by atoms with van der Waals surface area (Å²) in [4.78, 5) is 12.4. The molecule has 0 amide bonds. The molecule has 1 fully saturated rings. The molecule has 1 saturated carbocycles.